The standard InChI is InChI=1S/C14H11FINO2/c15-11-3-4-12(13(16)8-11)14(18)19-7-5-10-2-1-6-17-9-10/h1-4,6,8-9H,5,7H2. The van der Waals surface area contributed by atoms with Crippen molar-refractivity contribution >= 4 is 28.6 Å². The van der Waals surface area contributed by atoms with Crippen molar-refractivity contribution in [2.75, 3.05) is 6.61 Å². The fourth-order valence-corrected chi connectivity index (χ4v) is 2.24. The van der Waals surface area contributed by atoms with Gasteiger partial charge < -0.3 is 4.74 Å². The Labute approximate surface area is 124 Å². The first kappa shape index (κ1) is 13.9. The molecule has 5 heteroatoms. The molecule has 0 radical (unpaired) electrons. The summed E-state index contributed by atoms with van der Waals surface area (Å²) >= 11 is 1.91. The molecule has 0 atom stereocenters. The Morgan fingerprint density at radius 2 is 2.21 bits per heavy atom. The van der Waals surface area contributed by atoms with E-state index in [9.17, 15) is 9.18 Å². The van der Waals surface area contributed by atoms with Crippen molar-refractivity contribution in [3.8, 4) is 0 Å². The van der Waals surface area contributed by atoms with Gasteiger partial charge in [-0.25, -0.2) is 9.18 Å². The van der Waals surface area contributed by atoms with Crippen LogP contribution in [0.1, 0.15) is 15.9 Å². The molecule has 0 aliphatic carbocycles. The second kappa shape index (κ2) is 6.60. The minimum Gasteiger partial charge on any atom is -0.462 e. The molecular weight excluding hydrogens is 360 g/mol. The number of pyridine rings is 1. The van der Waals surface area contributed by atoms with Gasteiger partial charge in [0.2, 0.25) is 0 Å². The molecule has 0 spiro atoms. The van der Waals surface area contributed by atoms with Gasteiger partial charge in [0, 0.05) is 22.4 Å². The van der Waals surface area contributed by atoms with Gasteiger partial charge in [-0.15, -0.1) is 0 Å². The molecule has 0 amide bonds. The number of hydrogen-bond acceptors (Lipinski definition) is 3. The third-order valence-electron chi connectivity index (χ3n) is 2.50. The average molecular weight is 371 g/mol. The number of hydrogen-bond donors (Lipinski definition) is 0. The van der Waals surface area contributed by atoms with Gasteiger partial charge in [0.1, 0.15) is 5.82 Å². The Morgan fingerprint density at radius 1 is 1.37 bits per heavy atom. The third-order valence-corrected chi connectivity index (χ3v) is 3.39. The van der Waals surface area contributed by atoms with E-state index in [1.165, 1.54) is 18.2 Å². The second-order valence-electron chi connectivity index (χ2n) is 3.87. The number of carbonyl (C=O) groups is 1. The van der Waals surface area contributed by atoms with Gasteiger partial charge in [-0.05, 0) is 52.4 Å². The Balaban J connectivity index is 1.91. The Kier molecular flexibility index (Phi) is 4.84. The molecule has 3 nitrogen and oxygen atoms in total. The predicted molar refractivity (Wildman–Crippen MR) is 77.3 cm³/mol. The van der Waals surface area contributed by atoms with Gasteiger partial charge in [0.25, 0.3) is 0 Å². The van der Waals surface area contributed by atoms with Gasteiger partial charge in [0.05, 0.1) is 12.2 Å². The van der Waals surface area contributed by atoms with Crippen LogP contribution in [0, 0.1) is 9.39 Å². The van der Waals surface area contributed by atoms with Crippen molar-refractivity contribution in [3.05, 3.63) is 63.2 Å². The molecule has 0 aliphatic heterocycles. The van der Waals surface area contributed by atoms with Gasteiger partial charge >= 0.3 is 5.97 Å². The summed E-state index contributed by atoms with van der Waals surface area (Å²) in [5, 5.41) is 0. The summed E-state index contributed by atoms with van der Waals surface area (Å²) in [7, 11) is 0. The van der Waals surface area contributed by atoms with E-state index < -0.39 is 5.97 Å². The number of carbonyl (C=O) groups excluding carboxylic acids is 1. The van der Waals surface area contributed by atoms with Crippen LogP contribution < -0.4 is 0 Å². The minimum absolute atomic E-state index is 0.276. The molecule has 1 heterocycles. The second-order valence-corrected chi connectivity index (χ2v) is 5.03. The summed E-state index contributed by atoms with van der Waals surface area (Å²) in [6.45, 7) is 0.276. The van der Waals surface area contributed by atoms with Crippen molar-refractivity contribution in [1.29, 1.82) is 0 Å². The number of esters is 1. The zero-order chi connectivity index (χ0) is 13.7. The third kappa shape index (κ3) is 3.99. The molecule has 0 saturated heterocycles. The number of rotatable bonds is 4. The van der Waals surface area contributed by atoms with Crippen LogP contribution in [0.25, 0.3) is 0 Å². The molecule has 2 aromatic rings. The molecule has 0 saturated carbocycles. The lowest BCUT2D eigenvalue weighted by Gasteiger charge is -2.06. The van der Waals surface area contributed by atoms with Gasteiger partial charge in [-0.1, -0.05) is 6.07 Å². The lowest BCUT2D eigenvalue weighted by atomic mass is 10.2. The van der Waals surface area contributed by atoms with E-state index in [-0.39, 0.29) is 12.4 Å². The van der Waals surface area contributed by atoms with Crippen LogP contribution in [-0.2, 0) is 11.2 Å². The van der Waals surface area contributed by atoms with Gasteiger partial charge in [0.15, 0.2) is 0 Å². The van der Waals surface area contributed by atoms with Crippen LogP contribution in [0.3, 0.4) is 0 Å². The Hall–Kier alpha value is -1.50. The fraction of sp³-hybridized carbons (Fsp3) is 0.143. The van der Waals surface area contributed by atoms with Crippen molar-refractivity contribution < 1.29 is 13.9 Å². The van der Waals surface area contributed by atoms with Crippen molar-refractivity contribution in [2.24, 2.45) is 0 Å². The van der Waals surface area contributed by atoms with Crippen molar-refractivity contribution in [1.82, 2.24) is 4.98 Å². The summed E-state index contributed by atoms with van der Waals surface area (Å²) in [5.41, 5.74) is 1.39. The first-order chi connectivity index (χ1) is 9.16. The summed E-state index contributed by atoms with van der Waals surface area (Å²) in [6.07, 6.45) is 4.03. The van der Waals surface area contributed by atoms with Crippen LogP contribution in [0.5, 0.6) is 0 Å². The highest BCUT2D eigenvalue weighted by Gasteiger charge is 2.11. The molecule has 98 valence electrons. The van der Waals surface area contributed by atoms with Crippen LogP contribution in [0.4, 0.5) is 4.39 Å². The van der Waals surface area contributed by atoms with E-state index in [1.807, 2.05) is 34.7 Å². The summed E-state index contributed by atoms with van der Waals surface area (Å²) in [4.78, 5) is 15.8. The fourth-order valence-electron chi connectivity index (χ4n) is 1.54. The maximum Gasteiger partial charge on any atom is 0.339 e. The number of benzene rings is 1. The van der Waals surface area contributed by atoms with Crippen LogP contribution in [0.15, 0.2) is 42.7 Å². The summed E-state index contributed by atoms with van der Waals surface area (Å²) < 4.78 is 18.6. The minimum atomic E-state index is -0.437. The maximum absolute atomic E-state index is 12.9. The molecule has 1 aromatic carbocycles. The first-order valence-electron chi connectivity index (χ1n) is 5.68. The normalized spacial score (nSPS) is 10.2. The topological polar surface area (TPSA) is 39.2 Å². The first-order valence-corrected chi connectivity index (χ1v) is 6.76. The number of ether oxygens (including phenoxy) is 1. The lowest BCUT2D eigenvalue weighted by Crippen LogP contribution is -2.10. The highest BCUT2D eigenvalue weighted by molar-refractivity contribution is 14.1. The molecule has 0 bridgehead atoms. The molecule has 1 aromatic heterocycles. The number of aromatic nitrogens is 1. The molecular formula is C14H11FINO2. The Bertz CT molecular complexity index is 575. The smallest absolute Gasteiger partial charge is 0.339 e. The van der Waals surface area contributed by atoms with Crippen molar-refractivity contribution in [3.63, 3.8) is 0 Å². The molecule has 0 unspecified atom stereocenters. The molecule has 0 fully saturated rings. The molecule has 0 aliphatic rings. The summed E-state index contributed by atoms with van der Waals surface area (Å²) in [5.74, 6) is -0.801. The predicted octanol–water partition coefficient (Wildman–Crippen LogP) is 3.22. The monoisotopic (exact) mass is 371 g/mol. The van der Waals surface area contributed by atoms with Crippen molar-refractivity contribution in [2.45, 2.75) is 6.42 Å². The molecule has 2 rings (SSSR count). The molecule has 19 heavy (non-hydrogen) atoms. The summed E-state index contributed by atoms with van der Waals surface area (Å²) in [6, 6.07) is 7.74. The zero-order valence-corrected chi connectivity index (χ0v) is 12.1. The van der Waals surface area contributed by atoms with E-state index in [0.29, 0.717) is 15.6 Å². The number of nitrogens with zero attached hydrogens (tertiary/aromatic N) is 1. The number of halogens is 2. The SMILES string of the molecule is O=C(OCCc1cccnc1)c1ccc(F)cc1I. The quantitative estimate of drug-likeness (QED) is 0.612. The van der Waals surface area contributed by atoms with E-state index in [4.69, 9.17) is 4.74 Å². The molecule has 0 N–H and O–H groups in total. The average Bonchev–Trinajstić information content (AvgIpc) is 2.39. The van der Waals surface area contributed by atoms with E-state index in [0.717, 1.165) is 5.56 Å². The van der Waals surface area contributed by atoms with Crippen LogP contribution in [-0.4, -0.2) is 17.6 Å². The zero-order valence-electron chi connectivity index (χ0n) is 9.98. The van der Waals surface area contributed by atoms with Crippen LogP contribution in [0.2, 0.25) is 0 Å². The largest absolute Gasteiger partial charge is 0.462 e. The Morgan fingerprint density at radius 3 is 2.89 bits per heavy atom. The van der Waals surface area contributed by atoms with Crippen LogP contribution >= 0.6 is 22.6 Å². The highest BCUT2D eigenvalue weighted by Crippen LogP contribution is 2.15. The van der Waals surface area contributed by atoms with E-state index in [1.54, 1.807) is 12.4 Å². The van der Waals surface area contributed by atoms with E-state index in [2.05, 4.69) is 4.98 Å². The van der Waals surface area contributed by atoms with E-state index >= 15 is 0 Å². The lowest BCUT2D eigenvalue weighted by molar-refractivity contribution is 0.0508. The van der Waals surface area contributed by atoms with Gasteiger partial charge in [-0.2, -0.15) is 0 Å². The highest BCUT2D eigenvalue weighted by atomic mass is 127. The van der Waals surface area contributed by atoms with Gasteiger partial charge in [-0.3, -0.25) is 4.98 Å². The maximum atomic E-state index is 12.9.